The number of carbonyl (C=O) groups is 2. The minimum absolute atomic E-state index is 0.0394. The number of ketones is 1. The monoisotopic (exact) mass is 399 g/mol. The number of fused-ring (bicyclic) bond motifs is 1. The molecule has 1 fully saturated rings. The van der Waals surface area contributed by atoms with Gasteiger partial charge in [-0.2, -0.15) is 5.10 Å². The number of hydrogen-bond acceptors (Lipinski definition) is 4. The number of ether oxygens (including phenoxy) is 1. The number of Topliss-reactive ketones (excluding diaryl/α,β-unsaturated/α-hetero) is 1. The summed E-state index contributed by atoms with van der Waals surface area (Å²) in [6, 6.07) is 5.62. The summed E-state index contributed by atoms with van der Waals surface area (Å²) in [7, 11) is 1.62. The SMILES string of the molecule is CCCN(CCC)C(=O)Cn1nc(C(=O)C2CCCCC2)c2ccc(OC)cc21. The second-order valence-electron chi connectivity index (χ2n) is 7.97. The predicted molar refractivity (Wildman–Crippen MR) is 114 cm³/mol. The third-order valence-corrected chi connectivity index (χ3v) is 5.79. The summed E-state index contributed by atoms with van der Waals surface area (Å²) in [5.41, 5.74) is 1.28. The van der Waals surface area contributed by atoms with Crippen LogP contribution >= 0.6 is 0 Å². The quantitative estimate of drug-likeness (QED) is 0.584. The Morgan fingerprint density at radius 1 is 1.14 bits per heavy atom. The first-order valence-corrected chi connectivity index (χ1v) is 11.0. The average molecular weight is 400 g/mol. The van der Waals surface area contributed by atoms with Crippen LogP contribution < -0.4 is 4.74 Å². The van der Waals surface area contributed by atoms with Crippen molar-refractivity contribution in [2.45, 2.75) is 65.3 Å². The van der Waals surface area contributed by atoms with Gasteiger partial charge in [0.05, 0.1) is 12.6 Å². The van der Waals surface area contributed by atoms with Crippen LogP contribution in [-0.4, -0.2) is 46.6 Å². The van der Waals surface area contributed by atoms with Crippen LogP contribution in [-0.2, 0) is 11.3 Å². The summed E-state index contributed by atoms with van der Waals surface area (Å²) >= 11 is 0. The van der Waals surface area contributed by atoms with Gasteiger partial charge < -0.3 is 9.64 Å². The van der Waals surface area contributed by atoms with Crippen molar-refractivity contribution in [3.8, 4) is 5.75 Å². The Bertz CT molecular complexity index is 846. The molecule has 2 aromatic rings. The lowest BCUT2D eigenvalue weighted by molar-refractivity contribution is -0.132. The van der Waals surface area contributed by atoms with E-state index in [1.807, 2.05) is 23.1 Å². The van der Waals surface area contributed by atoms with E-state index in [9.17, 15) is 9.59 Å². The lowest BCUT2D eigenvalue weighted by Crippen LogP contribution is -2.35. The highest BCUT2D eigenvalue weighted by atomic mass is 16.5. The summed E-state index contributed by atoms with van der Waals surface area (Å²) in [5, 5.41) is 5.46. The lowest BCUT2D eigenvalue weighted by Gasteiger charge is -2.21. The van der Waals surface area contributed by atoms with Crippen molar-refractivity contribution in [1.29, 1.82) is 0 Å². The molecule has 6 heteroatoms. The lowest BCUT2D eigenvalue weighted by atomic mass is 9.85. The fraction of sp³-hybridized carbons (Fsp3) is 0.609. The molecular weight excluding hydrogens is 366 g/mol. The first-order chi connectivity index (χ1) is 14.1. The summed E-state index contributed by atoms with van der Waals surface area (Å²) in [5.74, 6) is 0.897. The standard InChI is InChI=1S/C23H33N3O3/c1-4-13-25(14-5-2)21(27)16-26-20-15-18(29-3)11-12-19(20)22(24-26)23(28)17-9-7-6-8-10-17/h11-12,15,17H,4-10,13-14,16H2,1-3H3. The van der Waals surface area contributed by atoms with Crippen molar-refractivity contribution >= 4 is 22.6 Å². The van der Waals surface area contributed by atoms with E-state index >= 15 is 0 Å². The number of hydrogen-bond donors (Lipinski definition) is 0. The Labute approximate surface area is 173 Å². The molecule has 29 heavy (non-hydrogen) atoms. The molecule has 6 nitrogen and oxygen atoms in total. The molecule has 3 rings (SSSR count). The number of amides is 1. The van der Waals surface area contributed by atoms with Crippen molar-refractivity contribution < 1.29 is 14.3 Å². The van der Waals surface area contributed by atoms with Crippen molar-refractivity contribution in [2.75, 3.05) is 20.2 Å². The van der Waals surface area contributed by atoms with Crippen molar-refractivity contribution in [1.82, 2.24) is 14.7 Å². The summed E-state index contributed by atoms with van der Waals surface area (Å²) in [6.45, 7) is 5.77. The van der Waals surface area contributed by atoms with Gasteiger partial charge in [-0.3, -0.25) is 14.3 Å². The van der Waals surface area contributed by atoms with Crippen LogP contribution in [0.3, 0.4) is 0 Å². The van der Waals surface area contributed by atoms with Gasteiger partial charge in [-0.1, -0.05) is 33.1 Å². The maximum absolute atomic E-state index is 13.2. The molecule has 1 aliphatic rings. The fourth-order valence-corrected chi connectivity index (χ4v) is 4.27. The van der Waals surface area contributed by atoms with Gasteiger partial charge in [0.15, 0.2) is 5.78 Å². The Kier molecular flexibility index (Phi) is 7.29. The van der Waals surface area contributed by atoms with E-state index in [1.54, 1.807) is 11.8 Å². The van der Waals surface area contributed by atoms with Gasteiger partial charge in [-0.15, -0.1) is 0 Å². The average Bonchev–Trinajstić information content (AvgIpc) is 3.11. The third-order valence-electron chi connectivity index (χ3n) is 5.79. The number of benzene rings is 1. The highest BCUT2D eigenvalue weighted by molar-refractivity contribution is 6.07. The van der Waals surface area contributed by atoms with Gasteiger partial charge in [0, 0.05) is 30.5 Å². The number of nitrogens with zero attached hydrogens (tertiary/aromatic N) is 3. The number of methoxy groups -OCH3 is 1. The molecule has 0 atom stereocenters. The van der Waals surface area contributed by atoms with E-state index in [0.717, 1.165) is 62.5 Å². The minimum atomic E-state index is 0.0394. The molecule has 1 aromatic carbocycles. The zero-order valence-electron chi connectivity index (χ0n) is 17.9. The highest BCUT2D eigenvalue weighted by Gasteiger charge is 2.27. The van der Waals surface area contributed by atoms with Gasteiger partial charge in [0.2, 0.25) is 5.91 Å². The molecule has 0 bridgehead atoms. The Balaban J connectivity index is 1.95. The molecule has 158 valence electrons. The number of carbonyl (C=O) groups excluding carboxylic acids is 2. The molecule has 1 aliphatic carbocycles. The van der Waals surface area contributed by atoms with Crippen molar-refractivity contribution in [3.63, 3.8) is 0 Å². The fourth-order valence-electron chi connectivity index (χ4n) is 4.27. The molecule has 1 saturated carbocycles. The van der Waals surface area contributed by atoms with E-state index in [-0.39, 0.29) is 24.2 Å². The van der Waals surface area contributed by atoms with E-state index < -0.39 is 0 Å². The van der Waals surface area contributed by atoms with Crippen LogP contribution in [0, 0.1) is 5.92 Å². The van der Waals surface area contributed by atoms with Gasteiger partial charge in [-0.25, -0.2) is 0 Å². The van der Waals surface area contributed by atoms with Crippen LogP contribution in [0.2, 0.25) is 0 Å². The molecule has 0 unspecified atom stereocenters. The maximum atomic E-state index is 13.2. The Hall–Kier alpha value is -2.37. The van der Waals surface area contributed by atoms with Crippen molar-refractivity contribution in [3.05, 3.63) is 23.9 Å². The van der Waals surface area contributed by atoms with Crippen LogP contribution in [0.1, 0.15) is 69.3 Å². The third kappa shape index (κ3) is 4.80. The molecule has 0 radical (unpaired) electrons. The van der Waals surface area contributed by atoms with Crippen LogP contribution in [0.15, 0.2) is 18.2 Å². The molecular formula is C23H33N3O3. The Morgan fingerprint density at radius 2 is 1.83 bits per heavy atom. The molecule has 0 saturated heterocycles. The van der Waals surface area contributed by atoms with E-state index in [4.69, 9.17) is 4.74 Å². The molecule has 0 N–H and O–H groups in total. The zero-order chi connectivity index (χ0) is 20.8. The smallest absolute Gasteiger partial charge is 0.244 e. The summed E-state index contributed by atoms with van der Waals surface area (Å²) in [6.07, 6.45) is 7.12. The van der Waals surface area contributed by atoms with Gasteiger partial charge in [-0.05, 0) is 37.8 Å². The van der Waals surface area contributed by atoms with Crippen molar-refractivity contribution in [2.24, 2.45) is 5.92 Å². The molecule has 1 heterocycles. The number of rotatable bonds is 9. The highest BCUT2D eigenvalue weighted by Crippen LogP contribution is 2.30. The Morgan fingerprint density at radius 3 is 2.45 bits per heavy atom. The van der Waals surface area contributed by atoms with E-state index in [2.05, 4.69) is 18.9 Å². The predicted octanol–water partition coefficient (Wildman–Crippen LogP) is 4.46. The topological polar surface area (TPSA) is 64.4 Å². The van der Waals surface area contributed by atoms with Gasteiger partial charge in [0.1, 0.15) is 18.0 Å². The molecule has 0 spiro atoms. The van der Waals surface area contributed by atoms with Gasteiger partial charge in [0.25, 0.3) is 0 Å². The molecule has 1 aromatic heterocycles. The number of aromatic nitrogens is 2. The minimum Gasteiger partial charge on any atom is -0.497 e. The first-order valence-electron chi connectivity index (χ1n) is 11.0. The summed E-state index contributed by atoms with van der Waals surface area (Å²) in [4.78, 5) is 28.0. The largest absolute Gasteiger partial charge is 0.497 e. The van der Waals surface area contributed by atoms with Crippen LogP contribution in [0.4, 0.5) is 0 Å². The van der Waals surface area contributed by atoms with E-state index in [1.165, 1.54) is 6.42 Å². The summed E-state index contributed by atoms with van der Waals surface area (Å²) < 4.78 is 7.06. The maximum Gasteiger partial charge on any atom is 0.244 e. The second kappa shape index (κ2) is 9.90. The molecule has 0 aliphatic heterocycles. The van der Waals surface area contributed by atoms with Crippen LogP contribution in [0.5, 0.6) is 5.75 Å². The van der Waals surface area contributed by atoms with Crippen LogP contribution in [0.25, 0.3) is 10.9 Å². The van der Waals surface area contributed by atoms with E-state index in [0.29, 0.717) is 11.4 Å². The normalized spacial score (nSPS) is 14.9. The van der Waals surface area contributed by atoms with Gasteiger partial charge >= 0.3 is 0 Å². The molecule has 1 amide bonds. The second-order valence-corrected chi connectivity index (χ2v) is 7.97. The first kappa shape index (κ1) is 21.3. The zero-order valence-corrected chi connectivity index (χ0v) is 17.9.